The molecule has 31 heavy (non-hydrogen) atoms. The molecular formula is C21H16BrN7OS. The first-order chi connectivity index (χ1) is 15.2. The smallest absolute Gasteiger partial charge is 0.250 e. The Hall–Kier alpha value is -3.37. The first-order valence-electron chi connectivity index (χ1n) is 9.19. The molecule has 2 aromatic carbocycles. The molecule has 0 bridgehead atoms. The summed E-state index contributed by atoms with van der Waals surface area (Å²) >= 11 is 4.70. The van der Waals surface area contributed by atoms with Crippen molar-refractivity contribution in [3.8, 4) is 17.2 Å². The number of benzene rings is 2. The van der Waals surface area contributed by atoms with Gasteiger partial charge in [-0.25, -0.2) is 10.4 Å². The Morgan fingerprint density at radius 3 is 2.68 bits per heavy atom. The lowest BCUT2D eigenvalue weighted by Crippen LogP contribution is -2.20. The summed E-state index contributed by atoms with van der Waals surface area (Å²) < 4.78 is 2.75. The Morgan fingerprint density at radius 1 is 1.10 bits per heavy atom. The van der Waals surface area contributed by atoms with E-state index >= 15 is 0 Å². The molecule has 10 heteroatoms. The summed E-state index contributed by atoms with van der Waals surface area (Å²) in [5.74, 6) is 0.421. The lowest BCUT2D eigenvalue weighted by Gasteiger charge is -2.09. The van der Waals surface area contributed by atoms with Crippen LogP contribution in [0.3, 0.4) is 0 Å². The van der Waals surface area contributed by atoms with Crippen molar-refractivity contribution in [2.45, 2.75) is 5.16 Å². The molecule has 0 aliphatic carbocycles. The minimum absolute atomic E-state index is 0.124. The van der Waals surface area contributed by atoms with Gasteiger partial charge in [-0.05, 0) is 18.2 Å². The number of halogens is 1. The van der Waals surface area contributed by atoms with Crippen molar-refractivity contribution >= 4 is 39.8 Å². The highest BCUT2D eigenvalue weighted by Gasteiger charge is 2.18. The number of hydrogen-bond donors (Lipinski definition) is 1. The summed E-state index contributed by atoms with van der Waals surface area (Å²) in [6.45, 7) is 0. The molecule has 1 N–H and O–H groups in total. The van der Waals surface area contributed by atoms with Crippen molar-refractivity contribution in [3.05, 3.63) is 83.2 Å². The first kappa shape index (κ1) is 20.9. The van der Waals surface area contributed by atoms with E-state index in [1.807, 2.05) is 59.2 Å². The Kier molecular flexibility index (Phi) is 6.80. The standard InChI is InChI=1S/C21H16BrN7OS/c22-17-9-5-4-6-15(17)12-25-26-19(30)14-31-21-28-27-20(18-13-23-10-11-24-18)29(21)16-7-2-1-3-8-16/h1-13H,14H2,(H,26,30)/b25-12+. The van der Waals surface area contributed by atoms with Gasteiger partial charge in [0.2, 0.25) is 0 Å². The maximum absolute atomic E-state index is 12.3. The highest BCUT2D eigenvalue weighted by atomic mass is 79.9. The van der Waals surface area contributed by atoms with Crippen molar-refractivity contribution in [1.29, 1.82) is 0 Å². The average molecular weight is 494 g/mol. The topological polar surface area (TPSA) is 98.0 Å². The van der Waals surface area contributed by atoms with Gasteiger partial charge in [-0.2, -0.15) is 5.10 Å². The number of hydrazone groups is 1. The zero-order valence-electron chi connectivity index (χ0n) is 16.1. The molecule has 1 amide bonds. The second kappa shape index (κ2) is 10.1. The van der Waals surface area contributed by atoms with Crippen molar-refractivity contribution in [2.24, 2.45) is 5.10 Å². The molecule has 0 spiro atoms. The highest BCUT2D eigenvalue weighted by molar-refractivity contribution is 9.10. The van der Waals surface area contributed by atoms with Gasteiger partial charge in [0.15, 0.2) is 11.0 Å². The van der Waals surface area contributed by atoms with Gasteiger partial charge in [0.25, 0.3) is 5.91 Å². The third-order valence-corrected chi connectivity index (χ3v) is 5.72. The predicted octanol–water partition coefficient (Wildman–Crippen LogP) is 3.73. The lowest BCUT2D eigenvalue weighted by atomic mass is 10.2. The molecule has 0 aliphatic rings. The van der Waals surface area contributed by atoms with Crippen LogP contribution in [0.15, 0.2) is 87.9 Å². The molecule has 2 heterocycles. The Balaban J connectivity index is 1.49. The summed E-state index contributed by atoms with van der Waals surface area (Å²) in [6.07, 6.45) is 6.41. The van der Waals surface area contributed by atoms with Crippen LogP contribution in [0, 0.1) is 0 Å². The second-order valence-corrected chi connectivity index (χ2v) is 7.97. The van der Waals surface area contributed by atoms with E-state index in [1.165, 1.54) is 11.8 Å². The van der Waals surface area contributed by atoms with Gasteiger partial charge in [-0.15, -0.1) is 10.2 Å². The molecule has 4 aromatic rings. The van der Waals surface area contributed by atoms with Crippen LogP contribution in [0.4, 0.5) is 0 Å². The molecule has 0 saturated heterocycles. The summed E-state index contributed by atoms with van der Waals surface area (Å²) in [7, 11) is 0. The summed E-state index contributed by atoms with van der Waals surface area (Å²) in [5, 5.41) is 13.1. The van der Waals surface area contributed by atoms with Gasteiger partial charge in [0.1, 0.15) is 5.69 Å². The van der Waals surface area contributed by atoms with E-state index in [2.05, 4.69) is 46.6 Å². The van der Waals surface area contributed by atoms with E-state index in [0.717, 1.165) is 15.7 Å². The third kappa shape index (κ3) is 5.22. The fraction of sp³-hybridized carbons (Fsp3) is 0.0476. The van der Waals surface area contributed by atoms with Gasteiger partial charge in [-0.1, -0.05) is 64.1 Å². The van der Waals surface area contributed by atoms with Crippen LogP contribution >= 0.6 is 27.7 Å². The van der Waals surface area contributed by atoms with Crippen LogP contribution in [0.2, 0.25) is 0 Å². The molecule has 8 nitrogen and oxygen atoms in total. The minimum Gasteiger partial charge on any atom is -0.272 e. The summed E-state index contributed by atoms with van der Waals surface area (Å²) in [6, 6.07) is 17.3. The van der Waals surface area contributed by atoms with Crippen LogP contribution in [-0.4, -0.2) is 42.6 Å². The highest BCUT2D eigenvalue weighted by Crippen LogP contribution is 2.26. The average Bonchev–Trinajstić information content (AvgIpc) is 3.24. The lowest BCUT2D eigenvalue weighted by molar-refractivity contribution is -0.118. The Labute approximate surface area is 191 Å². The van der Waals surface area contributed by atoms with Gasteiger partial charge in [-0.3, -0.25) is 14.3 Å². The predicted molar refractivity (Wildman–Crippen MR) is 123 cm³/mol. The van der Waals surface area contributed by atoms with E-state index in [4.69, 9.17) is 0 Å². The van der Waals surface area contributed by atoms with Crippen LogP contribution in [0.1, 0.15) is 5.56 Å². The van der Waals surface area contributed by atoms with Crippen molar-refractivity contribution in [3.63, 3.8) is 0 Å². The SMILES string of the molecule is O=C(CSc1nnc(-c2cnccn2)n1-c1ccccc1)N/N=C/c1ccccc1Br. The monoisotopic (exact) mass is 493 g/mol. The molecule has 0 unspecified atom stereocenters. The summed E-state index contributed by atoms with van der Waals surface area (Å²) in [4.78, 5) is 20.7. The molecule has 0 atom stereocenters. The number of nitrogens with zero attached hydrogens (tertiary/aromatic N) is 6. The fourth-order valence-electron chi connectivity index (χ4n) is 2.67. The van der Waals surface area contributed by atoms with E-state index in [-0.39, 0.29) is 11.7 Å². The van der Waals surface area contributed by atoms with Gasteiger partial charge in [0.05, 0.1) is 18.2 Å². The number of carbonyl (C=O) groups excluding carboxylic acids is 1. The van der Waals surface area contributed by atoms with Crippen molar-refractivity contribution in [2.75, 3.05) is 5.75 Å². The van der Waals surface area contributed by atoms with Crippen LogP contribution < -0.4 is 5.43 Å². The second-order valence-electron chi connectivity index (χ2n) is 6.17. The maximum Gasteiger partial charge on any atom is 0.250 e. The number of thioether (sulfide) groups is 1. The van der Waals surface area contributed by atoms with Gasteiger partial charge >= 0.3 is 0 Å². The van der Waals surface area contributed by atoms with E-state index in [1.54, 1.807) is 24.8 Å². The molecule has 0 saturated carbocycles. The molecule has 2 aromatic heterocycles. The molecule has 0 fully saturated rings. The minimum atomic E-state index is -0.253. The Morgan fingerprint density at radius 2 is 1.90 bits per heavy atom. The normalized spacial score (nSPS) is 11.0. The number of nitrogens with one attached hydrogen (secondary N) is 1. The number of carbonyl (C=O) groups is 1. The molecule has 0 radical (unpaired) electrons. The third-order valence-electron chi connectivity index (χ3n) is 4.07. The van der Waals surface area contributed by atoms with Crippen LogP contribution in [0.5, 0.6) is 0 Å². The van der Waals surface area contributed by atoms with Gasteiger partial charge in [0, 0.05) is 28.1 Å². The molecular weight excluding hydrogens is 478 g/mol. The van der Waals surface area contributed by atoms with Crippen molar-refractivity contribution in [1.82, 2.24) is 30.2 Å². The molecule has 0 aliphatic heterocycles. The van der Waals surface area contributed by atoms with Crippen molar-refractivity contribution < 1.29 is 4.79 Å². The molecule has 4 rings (SSSR count). The van der Waals surface area contributed by atoms with Crippen LogP contribution in [-0.2, 0) is 4.79 Å². The zero-order valence-corrected chi connectivity index (χ0v) is 18.5. The number of aromatic nitrogens is 5. The fourth-order valence-corrected chi connectivity index (χ4v) is 3.80. The van der Waals surface area contributed by atoms with E-state index < -0.39 is 0 Å². The van der Waals surface area contributed by atoms with Crippen LogP contribution in [0.25, 0.3) is 17.2 Å². The van der Waals surface area contributed by atoms with Gasteiger partial charge < -0.3 is 0 Å². The largest absolute Gasteiger partial charge is 0.272 e. The number of para-hydroxylation sites is 1. The zero-order chi connectivity index (χ0) is 21.5. The number of rotatable bonds is 7. The Bertz CT molecular complexity index is 1200. The number of amides is 1. The first-order valence-corrected chi connectivity index (χ1v) is 11.0. The maximum atomic E-state index is 12.3. The quantitative estimate of drug-likeness (QED) is 0.239. The van der Waals surface area contributed by atoms with E-state index in [0.29, 0.717) is 16.7 Å². The number of hydrogen-bond acceptors (Lipinski definition) is 7. The summed E-state index contributed by atoms with van der Waals surface area (Å²) in [5.41, 5.74) is 4.86. The van der Waals surface area contributed by atoms with E-state index in [9.17, 15) is 4.79 Å². The molecule has 154 valence electrons.